The first-order chi connectivity index (χ1) is 15.1. The van der Waals surface area contributed by atoms with E-state index in [0.717, 1.165) is 0 Å². The van der Waals surface area contributed by atoms with Crippen molar-refractivity contribution in [2.24, 2.45) is 0 Å². The minimum Gasteiger partial charge on any atom is -0.487 e. The number of benzene rings is 2. The molecule has 3 aromatic rings. The molecule has 0 spiro atoms. The number of carbonyl (C=O) groups is 1. The quantitative estimate of drug-likeness (QED) is 0.579. The number of halogens is 1. The molecular formula is C23H20FN5O2. The van der Waals surface area contributed by atoms with Gasteiger partial charge in [0.2, 0.25) is 5.95 Å². The molecule has 1 aromatic heterocycles. The Hall–Kier alpha value is -3.99. The lowest BCUT2D eigenvalue weighted by atomic mass is 10.1. The molecule has 7 nitrogen and oxygen atoms in total. The van der Waals surface area contributed by atoms with Crippen molar-refractivity contribution in [1.82, 2.24) is 9.97 Å². The van der Waals surface area contributed by atoms with E-state index in [1.165, 1.54) is 18.3 Å². The van der Waals surface area contributed by atoms with Gasteiger partial charge in [0.25, 0.3) is 0 Å². The molecule has 0 saturated carbocycles. The molecule has 0 amide bonds. The Morgan fingerprint density at radius 3 is 2.77 bits per heavy atom. The van der Waals surface area contributed by atoms with Crippen LogP contribution in [0, 0.1) is 17.1 Å². The normalized spacial score (nSPS) is 13.3. The predicted molar refractivity (Wildman–Crippen MR) is 114 cm³/mol. The van der Waals surface area contributed by atoms with Crippen LogP contribution in [0.5, 0.6) is 5.75 Å². The molecule has 0 unspecified atom stereocenters. The summed E-state index contributed by atoms with van der Waals surface area (Å²) in [6, 6.07) is 15.1. The van der Waals surface area contributed by atoms with Crippen LogP contribution in [0.3, 0.4) is 0 Å². The molecule has 156 valence electrons. The second-order valence-corrected chi connectivity index (χ2v) is 7.12. The fraction of sp³-hybridized carbons (Fsp3) is 0.217. The maximum atomic E-state index is 13.0. The number of hydrogen-bond donors (Lipinski definition) is 1. The van der Waals surface area contributed by atoms with Crippen LogP contribution in [0.25, 0.3) is 0 Å². The fourth-order valence-electron chi connectivity index (χ4n) is 3.25. The molecule has 1 fully saturated rings. The molecule has 1 N–H and O–H groups in total. The van der Waals surface area contributed by atoms with Gasteiger partial charge < -0.3 is 15.0 Å². The van der Waals surface area contributed by atoms with Gasteiger partial charge in [0.15, 0.2) is 11.6 Å². The van der Waals surface area contributed by atoms with E-state index in [0.29, 0.717) is 53.8 Å². The standard InChI is InChI=1S/C23H20FN5O2/c1-2-21(30)15-4-3-5-18(10-15)27-23-26-12-16(11-25)22(28-23)29-13-20(14-29)31-19-8-6-17(24)7-9-19/h3-10,12,20H,2,13-14H2,1H3,(H,26,27,28). The Balaban J connectivity index is 1.46. The number of nitriles is 1. The van der Waals surface area contributed by atoms with Gasteiger partial charge in [-0.25, -0.2) is 9.37 Å². The average Bonchev–Trinajstić information content (AvgIpc) is 2.77. The van der Waals surface area contributed by atoms with E-state index in [4.69, 9.17) is 4.74 Å². The molecule has 1 saturated heterocycles. The van der Waals surface area contributed by atoms with Crippen LogP contribution in [0.2, 0.25) is 0 Å². The van der Waals surface area contributed by atoms with E-state index < -0.39 is 0 Å². The summed E-state index contributed by atoms with van der Waals surface area (Å²) in [5.74, 6) is 1.18. The zero-order valence-electron chi connectivity index (χ0n) is 16.9. The highest BCUT2D eigenvalue weighted by Gasteiger charge is 2.31. The van der Waals surface area contributed by atoms with E-state index in [2.05, 4.69) is 21.4 Å². The van der Waals surface area contributed by atoms with Gasteiger partial charge in [-0.3, -0.25) is 4.79 Å². The molecule has 0 aliphatic carbocycles. The summed E-state index contributed by atoms with van der Waals surface area (Å²) < 4.78 is 18.8. The number of carbonyl (C=O) groups excluding carboxylic acids is 1. The number of ether oxygens (including phenoxy) is 1. The average molecular weight is 417 g/mol. The Kier molecular flexibility index (Phi) is 5.76. The number of anilines is 3. The van der Waals surface area contributed by atoms with Crippen LogP contribution in [-0.2, 0) is 0 Å². The Labute approximate surface area is 179 Å². The molecule has 1 aliphatic heterocycles. The number of Topliss-reactive ketones (excluding diaryl/α,β-unsaturated/α-hetero) is 1. The highest BCUT2D eigenvalue weighted by atomic mass is 19.1. The van der Waals surface area contributed by atoms with Crippen molar-refractivity contribution in [3.63, 3.8) is 0 Å². The van der Waals surface area contributed by atoms with Crippen LogP contribution in [0.15, 0.2) is 54.7 Å². The third-order valence-corrected chi connectivity index (χ3v) is 4.91. The van der Waals surface area contributed by atoms with Crippen molar-refractivity contribution < 1.29 is 13.9 Å². The number of aromatic nitrogens is 2. The van der Waals surface area contributed by atoms with E-state index in [-0.39, 0.29) is 17.7 Å². The predicted octanol–water partition coefficient (Wildman–Crippen LogP) is 4.09. The molecule has 0 atom stereocenters. The first-order valence-corrected chi connectivity index (χ1v) is 9.90. The smallest absolute Gasteiger partial charge is 0.229 e. The summed E-state index contributed by atoms with van der Waals surface area (Å²) in [6.45, 7) is 2.91. The van der Waals surface area contributed by atoms with Gasteiger partial charge in [0, 0.05) is 17.7 Å². The highest BCUT2D eigenvalue weighted by Crippen LogP contribution is 2.27. The molecule has 1 aliphatic rings. The number of nitrogens with one attached hydrogen (secondary N) is 1. The molecule has 31 heavy (non-hydrogen) atoms. The SMILES string of the molecule is CCC(=O)c1cccc(Nc2ncc(C#N)c(N3CC(Oc4ccc(F)cc4)C3)n2)c1. The highest BCUT2D eigenvalue weighted by molar-refractivity contribution is 5.96. The summed E-state index contributed by atoms with van der Waals surface area (Å²) in [5.41, 5.74) is 1.67. The maximum absolute atomic E-state index is 13.0. The molecule has 8 heteroatoms. The number of rotatable bonds is 7. The fourth-order valence-corrected chi connectivity index (χ4v) is 3.25. The van der Waals surface area contributed by atoms with Crippen molar-refractivity contribution >= 4 is 23.2 Å². The third-order valence-electron chi connectivity index (χ3n) is 4.91. The minimum atomic E-state index is -0.313. The molecular weight excluding hydrogens is 397 g/mol. The summed E-state index contributed by atoms with van der Waals surface area (Å²) in [4.78, 5) is 22.6. The third kappa shape index (κ3) is 4.61. The Morgan fingerprint density at radius 2 is 2.06 bits per heavy atom. The monoisotopic (exact) mass is 417 g/mol. The van der Waals surface area contributed by atoms with E-state index in [1.54, 1.807) is 30.3 Å². The summed E-state index contributed by atoms with van der Waals surface area (Å²) in [6.07, 6.45) is 1.82. The Bertz CT molecular complexity index is 1140. The number of ketones is 1. The second-order valence-electron chi connectivity index (χ2n) is 7.12. The first kappa shape index (κ1) is 20.3. The molecule has 2 heterocycles. The molecule has 0 radical (unpaired) electrons. The van der Waals surface area contributed by atoms with Crippen molar-refractivity contribution in [2.45, 2.75) is 19.4 Å². The van der Waals surface area contributed by atoms with Gasteiger partial charge in [-0.05, 0) is 36.4 Å². The summed E-state index contributed by atoms with van der Waals surface area (Å²) in [5, 5.41) is 12.5. The van der Waals surface area contributed by atoms with Crippen molar-refractivity contribution in [3.8, 4) is 11.8 Å². The van der Waals surface area contributed by atoms with Gasteiger partial charge in [-0.2, -0.15) is 10.2 Å². The molecule has 2 aromatic carbocycles. The van der Waals surface area contributed by atoms with Crippen LogP contribution in [0.1, 0.15) is 29.3 Å². The largest absolute Gasteiger partial charge is 0.487 e. The van der Waals surface area contributed by atoms with Crippen LogP contribution >= 0.6 is 0 Å². The van der Waals surface area contributed by atoms with Crippen molar-refractivity contribution in [3.05, 3.63) is 71.7 Å². The van der Waals surface area contributed by atoms with E-state index >= 15 is 0 Å². The maximum Gasteiger partial charge on any atom is 0.229 e. The van der Waals surface area contributed by atoms with Crippen LogP contribution < -0.4 is 15.0 Å². The summed E-state index contributed by atoms with van der Waals surface area (Å²) >= 11 is 0. The molecule has 0 bridgehead atoms. The lowest BCUT2D eigenvalue weighted by Gasteiger charge is -2.40. The van der Waals surface area contributed by atoms with Crippen LogP contribution in [-0.4, -0.2) is 34.9 Å². The summed E-state index contributed by atoms with van der Waals surface area (Å²) in [7, 11) is 0. The van der Waals surface area contributed by atoms with Crippen LogP contribution in [0.4, 0.5) is 21.8 Å². The van der Waals surface area contributed by atoms with Gasteiger partial charge in [-0.15, -0.1) is 0 Å². The van der Waals surface area contributed by atoms with Crippen molar-refractivity contribution in [2.75, 3.05) is 23.3 Å². The second kappa shape index (κ2) is 8.79. The molecule has 4 rings (SSSR count). The first-order valence-electron chi connectivity index (χ1n) is 9.90. The van der Waals surface area contributed by atoms with Gasteiger partial charge >= 0.3 is 0 Å². The van der Waals surface area contributed by atoms with E-state index in [9.17, 15) is 14.4 Å². The van der Waals surface area contributed by atoms with Crippen molar-refractivity contribution in [1.29, 1.82) is 5.26 Å². The van der Waals surface area contributed by atoms with E-state index in [1.807, 2.05) is 17.9 Å². The lowest BCUT2D eigenvalue weighted by molar-refractivity contribution is 0.0988. The number of nitrogens with zero attached hydrogens (tertiary/aromatic N) is 4. The minimum absolute atomic E-state index is 0.0536. The van der Waals surface area contributed by atoms with Gasteiger partial charge in [0.05, 0.1) is 19.3 Å². The Morgan fingerprint density at radius 1 is 1.29 bits per heavy atom. The van der Waals surface area contributed by atoms with Gasteiger partial charge in [-0.1, -0.05) is 19.1 Å². The van der Waals surface area contributed by atoms with Gasteiger partial charge in [0.1, 0.15) is 29.3 Å². The zero-order chi connectivity index (χ0) is 21.8. The topological polar surface area (TPSA) is 91.1 Å². The zero-order valence-corrected chi connectivity index (χ0v) is 16.9. The number of hydrogen-bond acceptors (Lipinski definition) is 7. The lowest BCUT2D eigenvalue weighted by Crippen LogP contribution is -2.54.